The number of aromatic nitrogens is 1. The predicted molar refractivity (Wildman–Crippen MR) is 63.4 cm³/mol. The van der Waals surface area contributed by atoms with Gasteiger partial charge >= 0.3 is 0 Å². The second-order valence-corrected chi connectivity index (χ2v) is 3.12. The molecule has 0 unspecified atom stereocenters. The second-order valence-electron chi connectivity index (χ2n) is 3.12. The molecular formula is C12H9N3O. The Labute approximate surface area is 92.7 Å². The van der Waals surface area contributed by atoms with Crippen LogP contribution in [-0.2, 0) is 0 Å². The molecule has 0 radical (unpaired) electrons. The molecule has 0 fully saturated rings. The molecule has 1 heterocycles. The van der Waals surface area contributed by atoms with Gasteiger partial charge in [-0.05, 0) is 41.6 Å². The molecule has 0 bridgehead atoms. The van der Waals surface area contributed by atoms with Crippen molar-refractivity contribution in [2.24, 2.45) is 10.2 Å². The van der Waals surface area contributed by atoms with Gasteiger partial charge in [0, 0.05) is 6.20 Å². The van der Waals surface area contributed by atoms with E-state index >= 15 is 0 Å². The van der Waals surface area contributed by atoms with E-state index in [1.54, 1.807) is 36.7 Å². The summed E-state index contributed by atoms with van der Waals surface area (Å²) in [4.78, 5) is 18.5. The monoisotopic (exact) mass is 211 g/mol. The van der Waals surface area contributed by atoms with Crippen LogP contribution in [0.5, 0.6) is 0 Å². The van der Waals surface area contributed by atoms with Gasteiger partial charge in [0.2, 0.25) is 0 Å². The molecule has 0 aliphatic heterocycles. The van der Waals surface area contributed by atoms with Gasteiger partial charge in [-0.25, -0.2) is 0 Å². The van der Waals surface area contributed by atoms with Crippen LogP contribution in [0.15, 0.2) is 58.8 Å². The summed E-state index contributed by atoms with van der Waals surface area (Å²) in [6, 6.07) is 12.3. The first-order valence-corrected chi connectivity index (χ1v) is 4.77. The Morgan fingerprint density at radius 2 is 1.75 bits per heavy atom. The summed E-state index contributed by atoms with van der Waals surface area (Å²) in [5, 5.41) is 2.82. The molecular weight excluding hydrogens is 202 g/mol. The SMILES string of the molecule is O=Nc1ccc(/N=C/c2ccccn2)cc1. The zero-order chi connectivity index (χ0) is 11.2. The average molecular weight is 211 g/mol. The Morgan fingerprint density at radius 3 is 2.38 bits per heavy atom. The Morgan fingerprint density at radius 1 is 1.00 bits per heavy atom. The highest BCUT2D eigenvalue weighted by Crippen LogP contribution is 2.17. The van der Waals surface area contributed by atoms with E-state index in [0.29, 0.717) is 5.69 Å². The molecule has 2 rings (SSSR count). The molecule has 78 valence electrons. The molecule has 0 aliphatic rings. The fourth-order valence-corrected chi connectivity index (χ4v) is 1.19. The van der Waals surface area contributed by atoms with E-state index in [1.807, 2.05) is 18.2 Å². The van der Waals surface area contributed by atoms with Crippen molar-refractivity contribution in [3.05, 3.63) is 59.3 Å². The summed E-state index contributed by atoms with van der Waals surface area (Å²) in [5.74, 6) is 0. The first-order valence-electron chi connectivity index (χ1n) is 4.77. The molecule has 1 aromatic carbocycles. The lowest BCUT2D eigenvalue weighted by molar-refractivity contribution is 1.30. The molecule has 4 nitrogen and oxygen atoms in total. The van der Waals surface area contributed by atoms with Crippen molar-refractivity contribution < 1.29 is 0 Å². The van der Waals surface area contributed by atoms with Gasteiger partial charge in [0.15, 0.2) is 0 Å². The second kappa shape index (κ2) is 4.93. The lowest BCUT2D eigenvalue weighted by atomic mass is 10.3. The van der Waals surface area contributed by atoms with Gasteiger partial charge in [-0.1, -0.05) is 6.07 Å². The molecule has 0 spiro atoms. The maximum atomic E-state index is 10.2. The van der Waals surface area contributed by atoms with Crippen LogP contribution in [0.1, 0.15) is 5.69 Å². The molecule has 0 saturated heterocycles. The zero-order valence-electron chi connectivity index (χ0n) is 8.45. The van der Waals surface area contributed by atoms with Crippen molar-refractivity contribution in [1.82, 2.24) is 4.98 Å². The minimum absolute atomic E-state index is 0.400. The number of hydrogen-bond acceptors (Lipinski definition) is 4. The fourth-order valence-electron chi connectivity index (χ4n) is 1.19. The fraction of sp³-hybridized carbons (Fsp3) is 0. The Hall–Kier alpha value is -2.36. The van der Waals surface area contributed by atoms with Crippen molar-refractivity contribution in [3.63, 3.8) is 0 Å². The normalized spacial score (nSPS) is 10.5. The lowest BCUT2D eigenvalue weighted by Crippen LogP contribution is -1.83. The molecule has 1 aromatic heterocycles. The van der Waals surface area contributed by atoms with Crippen molar-refractivity contribution in [3.8, 4) is 0 Å². The average Bonchev–Trinajstić information content (AvgIpc) is 2.38. The van der Waals surface area contributed by atoms with E-state index < -0.39 is 0 Å². The summed E-state index contributed by atoms with van der Waals surface area (Å²) < 4.78 is 0. The van der Waals surface area contributed by atoms with E-state index in [0.717, 1.165) is 11.4 Å². The first kappa shape index (κ1) is 10.2. The van der Waals surface area contributed by atoms with Gasteiger partial charge in [0.1, 0.15) is 5.69 Å². The molecule has 2 aromatic rings. The van der Waals surface area contributed by atoms with Crippen LogP contribution >= 0.6 is 0 Å². The molecule has 0 amide bonds. The highest BCUT2D eigenvalue weighted by atomic mass is 16.3. The summed E-state index contributed by atoms with van der Waals surface area (Å²) in [6.45, 7) is 0. The van der Waals surface area contributed by atoms with Crippen LogP contribution in [0.4, 0.5) is 11.4 Å². The summed E-state index contributed by atoms with van der Waals surface area (Å²) in [6.07, 6.45) is 3.38. The van der Waals surface area contributed by atoms with E-state index in [1.165, 1.54) is 0 Å². The van der Waals surface area contributed by atoms with Crippen LogP contribution < -0.4 is 0 Å². The Bertz CT molecular complexity index is 491. The highest BCUT2D eigenvalue weighted by molar-refractivity contribution is 5.79. The maximum Gasteiger partial charge on any atom is 0.108 e. The Kier molecular flexibility index (Phi) is 3.13. The van der Waals surface area contributed by atoms with Crippen molar-refractivity contribution in [1.29, 1.82) is 0 Å². The third-order valence-electron chi connectivity index (χ3n) is 1.99. The minimum Gasteiger partial charge on any atom is -0.255 e. The number of hydrogen-bond donors (Lipinski definition) is 0. The van der Waals surface area contributed by atoms with E-state index in [2.05, 4.69) is 15.2 Å². The van der Waals surface area contributed by atoms with Gasteiger partial charge in [-0.3, -0.25) is 9.98 Å². The van der Waals surface area contributed by atoms with Crippen molar-refractivity contribution in [2.75, 3.05) is 0 Å². The lowest BCUT2D eigenvalue weighted by Gasteiger charge is -1.93. The number of aliphatic imine (C=N–C) groups is 1. The number of nitroso groups, excluding NO2 is 1. The topological polar surface area (TPSA) is 54.7 Å². The van der Waals surface area contributed by atoms with Gasteiger partial charge in [0.05, 0.1) is 17.6 Å². The Balaban J connectivity index is 2.14. The highest BCUT2D eigenvalue weighted by Gasteiger charge is 1.91. The quantitative estimate of drug-likeness (QED) is 0.578. The largest absolute Gasteiger partial charge is 0.255 e. The minimum atomic E-state index is 0.400. The van der Waals surface area contributed by atoms with Gasteiger partial charge < -0.3 is 0 Å². The van der Waals surface area contributed by atoms with Gasteiger partial charge in [-0.2, -0.15) is 0 Å². The number of rotatable bonds is 3. The third kappa shape index (κ3) is 2.57. The van der Waals surface area contributed by atoms with Crippen LogP contribution in [-0.4, -0.2) is 11.2 Å². The zero-order valence-corrected chi connectivity index (χ0v) is 8.45. The van der Waals surface area contributed by atoms with Crippen LogP contribution in [0, 0.1) is 4.91 Å². The predicted octanol–water partition coefficient (Wildman–Crippen LogP) is 3.23. The molecule has 4 heteroatoms. The number of pyridine rings is 1. The molecule has 16 heavy (non-hydrogen) atoms. The number of benzene rings is 1. The first-order chi connectivity index (χ1) is 7.88. The van der Waals surface area contributed by atoms with Crippen LogP contribution in [0.3, 0.4) is 0 Å². The summed E-state index contributed by atoms with van der Waals surface area (Å²) >= 11 is 0. The molecule has 0 N–H and O–H groups in total. The van der Waals surface area contributed by atoms with E-state index in [4.69, 9.17) is 0 Å². The molecule has 0 aliphatic carbocycles. The third-order valence-corrected chi connectivity index (χ3v) is 1.99. The van der Waals surface area contributed by atoms with Crippen molar-refractivity contribution in [2.45, 2.75) is 0 Å². The summed E-state index contributed by atoms with van der Waals surface area (Å²) in [5.41, 5.74) is 1.95. The van der Waals surface area contributed by atoms with Gasteiger partial charge in [0.25, 0.3) is 0 Å². The van der Waals surface area contributed by atoms with E-state index in [-0.39, 0.29) is 0 Å². The van der Waals surface area contributed by atoms with E-state index in [9.17, 15) is 4.91 Å². The summed E-state index contributed by atoms with van der Waals surface area (Å²) in [7, 11) is 0. The molecule has 0 saturated carbocycles. The molecule has 0 atom stereocenters. The van der Waals surface area contributed by atoms with Crippen LogP contribution in [0.25, 0.3) is 0 Å². The maximum absolute atomic E-state index is 10.2. The van der Waals surface area contributed by atoms with Crippen LogP contribution in [0.2, 0.25) is 0 Å². The van der Waals surface area contributed by atoms with Gasteiger partial charge in [-0.15, -0.1) is 4.91 Å². The van der Waals surface area contributed by atoms with Crippen molar-refractivity contribution >= 4 is 17.6 Å². The standard InChI is InChI=1S/C12H9N3O/c16-15-11-6-4-10(5-7-11)14-9-12-3-1-2-8-13-12/h1-9H/b14-9+. The number of nitrogens with zero attached hydrogens (tertiary/aromatic N) is 3. The smallest absolute Gasteiger partial charge is 0.108 e.